The van der Waals surface area contributed by atoms with E-state index in [9.17, 15) is 13.9 Å². The van der Waals surface area contributed by atoms with E-state index in [0.29, 0.717) is 6.54 Å². The minimum Gasteiger partial charge on any atom is -0.760 e. The van der Waals surface area contributed by atoms with Crippen molar-refractivity contribution in [3.8, 4) is 0 Å². The van der Waals surface area contributed by atoms with Crippen LogP contribution in [0.4, 0.5) is 0 Å². The van der Waals surface area contributed by atoms with Gasteiger partial charge in [0, 0.05) is 30.4 Å². The Balaban J connectivity index is 2.01. The van der Waals surface area contributed by atoms with Gasteiger partial charge < -0.3 is 14.6 Å². The summed E-state index contributed by atoms with van der Waals surface area (Å²) in [5, 5.41) is 10.3. The van der Waals surface area contributed by atoms with Crippen LogP contribution in [0.25, 0.3) is 0 Å². The molecule has 6 nitrogen and oxygen atoms in total. The van der Waals surface area contributed by atoms with Crippen molar-refractivity contribution in [3.63, 3.8) is 0 Å². The number of likely N-dealkylation sites (tertiary alicyclic amines) is 2. The van der Waals surface area contributed by atoms with Gasteiger partial charge in [-0.15, -0.1) is 0 Å². The van der Waals surface area contributed by atoms with Crippen LogP contribution in [0, 0.1) is 0 Å². The molecule has 2 N–H and O–H groups in total. The van der Waals surface area contributed by atoms with Gasteiger partial charge in [0.05, 0.1) is 12.1 Å². The van der Waals surface area contributed by atoms with Gasteiger partial charge in [-0.2, -0.15) is 0 Å². The third kappa shape index (κ3) is 3.49. The fourth-order valence-electron chi connectivity index (χ4n) is 3.03. The Hall–Kier alpha value is -0.0500. The molecule has 0 amide bonds. The van der Waals surface area contributed by atoms with Gasteiger partial charge in [0.25, 0.3) is 0 Å². The second kappa shape index (κ2) is 6.40. The van der Waals surface area contributed by atoms with Gasteiger partial charge in [-0.1, -0.05) is 6.42 Å². The van der Waals surface area contributed by atoms with Crippen molar-refractivity contribution in [3.05, 3.63) is 0 Å². The molecule has 0 saturated carbocycles. The summed E-state index contributed by atoms with van der Waals surface area (Å²) in [7, 11) is 1.96. The Morgan fingerprint density at radius 2 is 1.94 bits per heavy atom. The maximum atomic E-state index is 10.7. The third-order valence-electron chi connectivity index (χ3n) is 3.92. The van der Waals surface area contributed by atoms with Crippen LogP contribution in [0.1, 0.15) is 19.3 Å². The molecular weight excluding hydrogens is 254 g/mol. The van der Waals surface area contributed by atoms with Crippen LogP contribution in [-0.2, 0) is 11.3 Å². The Kier molecular flexibility index (Phi) is 5.11. The first-order chi connectivity index (χ1) is 8.58. The molecule has 106 valence electrons. The molecule has 2 saturated heterocycles. The standard InChI is InChI=1S/C11H23N3O3S/c1-13-7-9(12-18(16)17)11(15)10(8-13)14-5-3-2-4-6-14/h9-12,15H,2-8H2,1H3,(H,16,17)/p-1/t9-,10?,11+/m0/s1. The highest BCUT2D eigenvalue weighted by molar-refractivity contribution is 7.77. The summed E-state index contributed by atoms with van der Waals surface area (Å²) in [6.07, 6.45) is 2.95. The lowest BCUT2D eigenvalue weighted by atomic mass is 9.95. The van der Waals surface area contributed by atoms with Gasteiger partial charge in [-0.05, 0) is 33.0 Å². The summed E-state index contributed by atoms with van der Waals surface area (Å²) in [4.78, 5) is 4.38. The Morgan fingerprint density at radius 1 is 1.28 bits per heavy atom. The summed E-state index contributed by atoms with van der Waals surface area (Å²) in [5.74, 6) is 0. The monoisotopic (exact) mass is 276 g/mol. The van der Waals surface area contributed by atoms with Crippen LogP contribution in [0.15, 0.2) is 0 Å². The topological polar surface area (TPSA) is 78.9 Å². The Bertz CT molecular complexity index is 299. The predicted octanol–water partition coefficient (Wildman–Crippen LogP) is -1.10. The zero-order valence-electron chi connectivity index (χ0n) is 10.7. The van der Waals surface area contributed by atoms with E-state index in [0.717, 1.165) is 19.6 Å². The van der Waals surface area contributed by atoms with Gasteiger partial charge in [0.2, 0.25) is 0 Å². The van der Waals surface area contributed by atoms with Crippen molar-refractivity contribution >= 4 is 11.3 Å². The van der Waals surface area contributed by atoms with Gasteiger partial charge >= 0.3 is 0 Å². The molecule has 18 heavy (non-hydrogen) atoms. The molecule has 0 bridgehead atoms. The van der Waals surface area contributed by atoms with E-state index in [2.05, 4.69) is 14.5 Å². The normalized spacial score (nSPS) is 37.6. The van der Waals surface area contributed by atoms with Crippen molar-refractivity contribution in [1.29, 1.82) is 0 Å². The number of rotatable bonds is 3. The van der Waals surface area contributed by atoms with E-state index < -0.39 is 23.4 Å². The summed E-state index contributed by atoms with van der Waals surface area (Å²) in [5.41, 5.74) is 0. The van der Waals surface area contributed by atoms with E-state index in [1.165, 1.54) is 19.3 Å². The lowest BCUT2D eigenvalue weighted by Crippen LogP contribution is -2.64. The van der Waals surface area contributed by atoms with E-state index in [1.54, 1.807) is 0 Å². The average Bonchev–Trinajstić information content (AvgIpc) is 2.34. The van der Waals surface area contributed by atoms with Crippen LogP contribution >= 0.6 is 0 Å². The number of aliphatic hydroxyl groups is 1. The molecule has 2 rings (SSSR count). The molecule has 2 unspecified atom stereocenters. The molecule has 4 atom stereocenters. The third-order valence-corrected chi connectivity index (χ3v) is 4.42. The molecule has 2 fully saturated rings. The van der Waals surface area contributed by atoms with E-state index in [1.807, 2.05) is 7.05 Å². The van der Waals surface area contributed by atoms with E-state index in [4.69, 9.17) is 0 Å². The lowest BCUT2D eigenvalue weighted by molar-refractivity contribution is -0.0277. The number of nitrogens with one attached hydrogen (secondary N) is 1. The van der Waals surface area contributed by atoms with Crippen molar-refractivity contribution in [1.82, 2.24) is 14.5 Å². The summed E-state index contributed by atoms with van der Waals surface area (Å²) >= 11 is -2.32. The molecule has 0 aromatic carbocycles. The first-order valence-electron chi connectivity index (χ1n) is 6.54. The maximum absolute atomic E-state index is 10.7. The van der Waals surface area contributed by atoms with Crippen LogP contribution in [0.5, 0.6) is 0 Å². The molecular formula is C11H22N3O3S-. The maximum Gasteiger partial charge on any atom is 0.0882 e. The van der Waals surface area contributed by atoms with E-state index >= 15 is 0 Å². The molecule has 2 aliphatic heterocycles. The number of hydrogen-bond donors (Lipinski definition) is 2. The molecule has 0 spiro atoms. The van der Waals surface area contributed by atoms with Crippen molar-refractivity contribution < 1.29 is 13.9 Å². The number of likely N-dealkylation sites (N-methyl/N-ethyl adjacent to an activating group) is 1. The summed E-state index contributed by atoms with van der Waals surface area (Å²) in [6, 6.07) is -0.376. The quantitative estimate of drug-likeness (QED) is 0.640. The molecule has 0 aromatic rings. The van der Waals surface area contributed by atoms with Gasteiger partial charge in [-0.25, -0.2) is 4.72 Å². The van der Waals surface area contributed by atoms with Crippen LogP contribution < -0.4 is 4.72 Å². The minimum atomic E-state index is -2.32. The lowest BCUT2D eigenvalue weighted by Gasteiger charge is -2.46. The Morgan fingerprint density at radius 3 is 2.56 bits per heavy atom. The van der Waals surface area contributed by atoms with Gasteiger partial charge in [0.1, 0.15) is 0 Å². The molecule has 2 heterocycles. The van der Waals surface area contributed by atoms with Crippen molar-refractivity contribution in [2.45, 2.75) is 37.5 Å². The summed E-state index contributed by atoms with van der Waals surface area (Å²) in [6.45, 7) is 3.36. The highest BCUT2D eigenvalue weighted by Crippen LogP contribution is 2.20. The van der Waals surface area contributed by atoms with Crippen LogP contribution in [-0.4, -0.2) is 75.1 Å². The van der Waals surface area contributed by atoms with Crippen molar-refractivity contribution in [2.24, 2.45) is 0 Å². The van der Waals surface area contributed by atoms with Gasteiger partial charge in [0.15, 0.2) is 0 Å². The number of aliphatic hydroxyl groups excluding tert-OH is 1. The molecule has 2 aliphatic rings. The molecule has 7 heteroatoms. The second-order valence-corrected chi connectivity index (χ2v) is 6.04. The minimum absolute atomic E-state index is 0.0325. The van der Waals surface area contributed by atoms with Gasteiger partial charge in [-0.3, -0.25) is 9.11 Å². The highest BCUT2D eigenvalue weighted by Gasteiger charge is 2.37. The Labute approximate surface area is 111 Å². The highest BCUT2D eigenvalue weighted by atomic mass is 32.2. The van der Waals surface area contributed by atoms with Crippen LogP contribution in [0.3, 0.4) is 0 Å². The van der Waals surface area contributed by atoms with Crippen molar-refractivity contribution in [2.75, 3.05) is 33.2 Å². The first-order valence-corrected chi connectivity index (χ1v) is 7.61. The number of hydrogen-bond acceptors (Lipinski definition) is 5. The van der Waals surface area contributed by atoms with Crippen LogP contribution in [0.2, 0.25) is 0 Å². The molecule has 0 aromatic heterocycles. The predicted molar refractivity (Wildman–Crippen MR) is 68.6 cm³/mol. The largest absolute Gasteiger partial charge is 0.760 e. The van der Waals surface area contributed by atoms with E-state index in [-0.39, 0.29) is 6.04 Å². The number of nitrogens with zero attached hydrogens (tertiary/aromatic N) is 2. The second-order valence-electron chi connectivity index (χ2n) is 5.33. The average molecular weight is 276 g/mol. The zero-order valence-corrected chi connectivity index (χ0v) is 11.6. The molecule has 0 radical (unpaired) electrons. The smallest absolute Gasteiger partial charge is 0.0882 e. The fraction of sp³-hybridized carbons (Fsp3) is 1.00. The first kappa shape index (κ1) is 14.4. The molecule has 0 aliphatic carbocycles. The fourth-order valence-corrected chi connectivity index (χ4v) is 3.49. The summed E-state index contributed by atoms with van der Waals surface area (Å²) < 4.78 is 23.9. The SMILES string of the molecule is CN1CC(N2CCCCC2)[C@H](O)[C@@H](NS(=O)[O-])C1. The zero-order chi connectivity index (χ0) is 13.1. The number of piperidine rings is 2.